The number of nitrogens with one attached hydrogen (secondary N) is 2. The smallest absolute Gasteiger partial charge is 0.408 e. The van der Waals surface area contributed by atoms with Gasteiger partial charge in [-0.05, 0) is 24.3 Å². The maximum absolute atomic E-state index is 12.2. The maximum Gasteiger partial charge on any atom is 0.420 e. The van der Waals surface area contributed by atoms with Crippen LogP contribution in [0.15, 0.2) is 57.7 Å². The van der Waals surface area contributed by atoms with Crippen molar-refractivity contribution in [3.63, 3.8) is 0 Å². The average Bonchev–Trinajstić information content (AvgIpc) is 3.08. The van der Waals surface area contributed by atoms with Crippen LogP contribution in [0.5, 0.6) is 0 Å². The summed E-state index contributed by atoms with van der Waals surface area (Å²) in [4.78, 5) is 31.3. The van der Waals surface area contributed by atoms with Gasteiger partial charge in [0, 0.05) is 0 Å². The molecule has 0 radical (unpaired) electrons. The van der Waals surface area contributed by atoms with E-state index in [9.17, 15) is 9.59 Å². The Morgan fingerprint density at radius 1 is 1.17 bits per heavy atom. The highest BCUT2D eigenvalue weighted by Crippen LogP contribution is 2.14. The first-order valence-corrected chi connectivity index (χ1v) is 7.04. The fourth-order valence-corrected chi connectivity index (χ4v) is 2.49. The third-order valence-electron chi connectivity index (χ3n) is 3.52. The van der Waals surface area contributed by atoms with Crippen LogP contribution < -0.4 is 11.1 Å². The lowest BCUT2D eigenvalue weighted by Gasteiger charge is -2.02. The second-order valence-electron chi connectivity index (χ2n) is 5.07. The number of amides is 1. The molecule has 0 bridgehead atoms. The van der Waals surface area contributed by atoms with Crippen LogP contribution in [0, 0.1) is 0 Å². The van der Waals surface area contributed by atoms with E-state index in [0.29, 0.717) is 17.0 Å². The van der Waals surface area contributed by atoms with E-state index >= 15 is 0 Å². The van der Waals surface area contributed by atoms with E-state index in [0.717, 1.165) is 11.0 Å². The average molecular weight is 308 g/mol. The zero-order valence-corrected chi connectivity index (χ0v) is 11.9. The number of benzene rings is 2. The van der Waals surface area contributed by atoms with E-state index in [1.807, 2.05) is 24.3 Å². The van der Waals surface area contributed by atoms with Gasteiger partial charge in [-0.25, -0.2) is 9.78 Å². The molecule has 0 saturated carbocycles. The molecule has 114 valence electrons. The fraction of sp³-hybridized carbons (Fsp3) is 0.0625. The first kappa shape index (κ1) is 13.3. The van der Waals surface area contributed by atoms with Crippen molar-refractivity contribution in [1.29, 1.82) is 0 Å². The van der Waals surface area contributed by atoms with Crippen LogP contribution in [-0.4, -0.2) is 20.4 Å². The van der Waals surface area contributed by atoms with Crippen LogP contribution in [0.2, 0.25) is 0 Å². The minimum atomic E-state index is -0.564. The quantitative estimate of drug-likeness (QED) is 0.606. The first-order chi connectivity index (χ1) is 11.2. The van der Waals surface area contributed by atoms with Crippen LogP contribution in [0.25, 0.3) is 22.1 Å². The number of aromatic amines is 1. The van der Waals surface area contributed by atoms with Crippen molar-refractivity contribution in [1.82, 2.24) is 14.5 Å². The predicted molar refractivity (Wildman–Crippen MR) is 85.2 cm³/mol. The van der Waals surface area contributed by atoms with Crippen molar-refractivity contribution >= 4 is 34.0 Å². The van der Waals surface area contributed by atoms with Crippen molar-refractivity contribution in [2.45, 2.75) is 6.54 Å². The molecule has 2 N–H and O–H groups in total. The number of H-pyrrole nitrogens is 1. The Labute approximate surface area is 129 Å². The van der Waals surface area contributed by atoms with E-state index in [-0.39, 0.29) is 12.5 Å². The van der Waals surface area contributed by atoms with Gasteiger partial charge in [-0.1, -0.05) is 24.3 Å². The van der Waals surface area contributed by atoms with Crippen molar-refractivity contribution in [2.75, 3.05) is 5.32 Å². The van der Waals surface area contributed by atoms with Crippen LogP contribution in [0.4, 0.5) is 5.95 Å². The normalized spacial score (nSPS) is 11.1. The molecule has 4 rings (SSSR count). The number of oxazole rings is 1. The molecule has 1 amide bonds. The van der Waals surface area contributed by atoms with E-state index in [1.165, 1.54) is 4.57 Å². The second-order valence-corrected chi connectivity index (χ2v) is 5.07. The van der Waals surface area contributed by atoms with E-state index in [2.05, 4.69) is 15.3 Å². The van der Waals surface area contributed by atoms with Crippen LogP contribution in [0.1, 0.15) is 0 Å². The Kier molecular flexibility index (Phi) is 2.97. The Morgan fingerprint density at radius 3 is 2.83 bits per heavy atom. The number of carbonyl (C=O) groups excluding carboxylic acids is 1. The molecule has 0 aliphatic carbocycles. The third kappa shape index (κ3) is 2.38. The van der Waals surface area contributed by atoms with Gasteiger partial charge in [0.2, 0.25) is 11.9 Å². The van der Waals surface area contributed by atoms with Crippen LogP contribution >= 0.6 is 0 Å². The summed E-state index contributed by atoms with van der Waals surface area (Å²) in [5.41, 5.74) is 2.62. The minimum absolute atomic E-state index is 0.146. The number of para-hydroxylation sites is 4. The maximum atomic E-state index is 12.2. The van der Waals surface area contributed by atoms with Crippen molar-refractivity contribution in [3.05, 3.63) is 59.1 Å². The van der Waals surface area contributed by atoms with Gasteiger partial charge in [0.1, 0.15) is 6.54 Å². The summed E-state index contributed by atoms with van der Waals surface area (Å²) < 4.78 is 6.39. The summed E-state index contributed by atoms with van der Waals surface area (Å²) in [6, 6.07) is 14.4. The molecule has 7 heteroatoms. The predicted octanol–water partition coefficient (Wildman–Crippen LogP) is 2.11. The molecule has 2 heterocycles. The summed E-state index contributed by atoms with van der Waals surface area (Å²) in [6.07, 6.45) is 0. The highest BCUT2D eigenvalue weighted by Gasteiger charge is 2.13. The molecular weight excluding hydrogens is 296 g/mol. The number of rotatable bonds is 3. The molecule has 0 spiro atoms. The zero-order chi connectivity index (χ0) is 15.8. The van der Waals surface area contributed by atoms with Gasteiger partial charge in [-0.15, -0.1) is 0 Å². The molecule has 2 aromatic carbocycles. The monoisotopic (exact) mass is 308 g/mol. The summed E-state index contributed by atoms with van der Waals surface area (Å²) in [6.45, 7) is -0.146. The fourth-order valence-electron chi connectivity index (χ4n) is 2.49. The number of anilines is 1. The Balaban J connectivity index is 1.59. The summed E-state index contributed by atoms with van der Waals surface area (Å²) >= 11 is 0. The van der Waals surface area contributed by atoms with Gasteiger partial charge in [0.15, 0.2) is 5.58 Å². The second kappa shape index (κ2) is 5.13. The molecule has 0 atom stereocenters. The van der Waals surface area contributed by atoms with Gasteiger partial charge in [0.25, 0.3) is 0 Å². The highest BCUT2D eigenvalue weighted by atomic mass is 16.4. The van der Waals surface area contributed by atoms with Gasteiger partial charge >= 0.3 is 5.76 Å². The largest absolute Gasteiger partial charge is 0.420 e. The topological polar surface area (TPSA) is 92.9 Å². The molecule has 0 fully saturated rings. The number of nitrogens with zero attached hydrogens (tertiary/aromatic N) is 2. The van der Waals surface area contributed by atoms with Gasteiger partial charge in [0.05, 0.1) is 16.6 Å². The third-order valence-corrected chi connectivity index (χ3v) is 3.52. The Bertz CT molecular complexity index is 1040. The van der Waals surface area contributed by atoms with Crippen molar-refractivity contribution in [2.24, 2.45) is 0 Å². The lowest BCUT2D eigenvalue weighted by Crippen LogP contribution is -2.25. The SMILES string of the molecule is O=C(Cn1c(=O)oc2ccccc21)Nc1nc2ccccc2[nH]1. The minimum Gasteiger partial charge on any atom is -0.408 e. The van der Waals surface area contributed by atoms with Gasteiger partial charge < -0.3 is 9.40 Å². The van der Waals surface area contributed by atoms with Crippen LogP contribution in [-0.2, 0) is 11.3 Å². The highest BCUT2D eigenvalue weighted by molar-refractivity contribution is 5.91. The molecule has 0 aliphatic heterocycles. The summed E-state index contributed by atoms with van der Waals surface area (Å²) in [5, 5.41) is 2.65. The van der Waals surface area contributed by atoms with Crippen LogP contribution in [0.3, 0.4) is 0 Å². The molecular formula is C16H12N4O3. The van der Waals surface area contributed by atoms with Gasteiger partial charge in [-0.2, -0.15) is 0 Å². The number of imidazole rings is 1. The zero-order valence-electron chi connectivity index (χ0n) is 11.9. The number of fused-ring (bicyclic) bond motifs is 2. The standard InChI is InChI=1S/C16H12N4O3/c21-14(19-15-17-10-5-1-2-6-11(10)18-15)9-20-12-7-3-4-8-13(12)23-16(20)22/h1-8H,9H2,(H2,17,18,19,21). The Morgan fingerprint density at radius 2 is 1.96 bits per heavy atom. The molecule has 0 unspecified atom stereocenters. The first-order valence-electron chi connectivity index (χ1n) is 7.04. The van der Waals surface area contributed by atoms with E-state index in [4.69, 9.17) is 4.42 Å². The summed E-state index contributed by atoms with van der Waals surface area (Å²) in [7, 11) is 0. The molecule has 0 aliphatic rings. The molecule has 23 heavy (non-hydrogen) atoms. The molecule has 7 nitrogen and oxygen atoms in total. The number of aromatic nitrogens is 3. The molecule has 2 aromatic heterocycles. The summed E-state index contributed by atoms with van der Waals surface area (Å²) in [5.74, 6) is -0.583. The lowest BCUT2D eigenvalue weighted by molar-refractivity contribution is -0.116. The van der Waals surface area contributed by atoms with Crippen molar-refractivity contribution < 1.29 is 9.21 Å². The molecule has 0 saturated heterocycles. The molecule has 4 aromatic rings. The lowest BCUT2D eigenvalue weighted by atomic mass is 10.3. The van der Waals surface area contributed by atoms with Gasteiger partial charge in [-0.3, -0.25) is 14.7 Å². The number of hydrogen-bond donors (Lipinski definition) is 2. The van der Waals surface area contributed by atoms with E-state index in [1.54, 1.807) is 24.3 Å². The number of carbonyl (C=O) groups is 1. The van der Waals surface area contributed by atoms with E-state index < -0.39 is 5.76 Å². The number of hydrogen-bond acceptors (Lipinski definition) is 4. The van der Waals surface area contributed by atoms with Crippen molar-refractivity contribution in [3.8, 4) is 0 Å². The Hall–Kier alpha value is -3.35.